The van der Waals surface area contributed by atoms with Crippen molar-refractivity contribution in [2.75, 3.05) is 0 Å². The van der Waals surface area contributed by atoms with Crippen LogP contribution < -0.4 is 0 Å². The average molecular weight is 459 g/mol. The van der Waals surface area contributed by atoms with Crippen LogP contribution in [0.25, 0.3) is 0 Å². The van der Waals surface area contributed by atoms with Gasteiger partial charge in [0.2, 0.25) is 0 Å². The van der Waals surface area contributed by atoms with Gasteiger partial charge in [-0.15, -0.1) is 0 Å². The Bertz CT molecular complexity index is 210. The van der Waals surface area contributed by atoms with Gasteiger partial charge in [0.05, 0.1) is 0 Å². The van der Waals surface area contributed by atoms with Crippen molar-refractivity contribution in [3.8, 4) is 0 Å². The van der Waals surface area contributed by atoms with Crippen molar-refractivity contribution in [3.05, 3.63) is 0 Å². The third-order valence-corrected chi connectivity index (χ3v) is 0. The van der Waals surface area contributed by atoms with Crippen LogP contribution in [0.2, 0.25) is 0 Å². The minimum atomic E-state index is -5.17. The maximum Gasteiger partial charge on any atom is 4.00 e. The summed E-state index contributed by atoms with van der Waals surface area (Å²) >= 11 is 0. The number of hydrogen-bond acceptors (Lipinski definition) is 8. The van der Waals surface area contributed by atoms with Crippen LogP contribution in [0.1, 0.15) is 0 Å². The molecule has 0 spiro atoms. The first-order valence-corrected chi connectivity index (χ1v) is 4.00. The average Bonchev–Trinajstić information content (AvgIpc) is 1.12. The molecule has 8 N–H and O–H groups in total. The second kappa shape index (κ2) is 16.7. The first-order valence-electron chi connectivity index (χ1n) is 1.33. The normalized spacial score (nSPS) is 7.73. The van der Waals surface area contributed by atoms with E-state index < -0.39 is 20.8 Å². The van der Waals surface area contributed by atoms with Crippen molar-refractivity contribution in [3.63, 3.8) is 0 Å². The van der Waals surface area contributed by atoms with Crippen LogP contribution >= 0.6 is 0 Å². The summed E-state index contributed by atoms with van der Waals surface area (Å²) in [6, 6.07) is 0. The molecule has 0 heterocycles. The van der Waals surface area contributed by atoms with Crippen LogP contribution in [0.4, 0.5) is 0 Å². The van der Waals surface area contributed by atoms with Gasteiger partial charge in [0.25, 0.3) is 0 Å². The molecule has 0 atom stereocenters. The van der Waals surface area contributed by atoms with Crippen molar-refractivity contribution >= 4 is 20.8 Å². The Balaban J connectivity index is -0.0000000128. The maximum atomic E-state index is 8.52. The molecule has 0 aromatic carbocycles. The molecule has 0 radical (unpaired) electrons. The van der Waals surface area contributed by atoms with Crippen molar-refractivity contribution in [1.29, 1.82) is 0 Å². The van der Waals surface area contributed by atoms with E-state index in [1.54, 1.807) is 0 Å². The number of hydrogen-bond donors (Lipinski definition) is 0. The Morgan fingerprint density at radius 3 is 0.533 bits per heavy atom. The number of rotatable bonds is 0. The second-order valence-corrected chi connectivity index (χ2v) is 2.45. The molecule has 0 aliphatic carbocycles. The summed E-state index contributed by atoms with van der Waals surface area (Å²) in [5.74, 6) is 0. The minimum Gasteiger partial charge on any atom is -0.759 e. The fraction of sp³-hybridized carbons (Fsp3) is 0. The fourth-order valence-electron chi connectivity index (χ4n) is 0. The topological polar surface area (TPSA) is 287 Å². The van der Waals surface area contributed by atoms with Crippen LogP contribution in [0.15, 0.2) is 0 Å². The van der Waals surface area contributed by atoms with E-state index >= 15 is 0 Å². The molecule has 0 saturated carbocycles. The van der Waals surface area contributed by atoms with Gasteiger partial charge in [-0.3, -0.25) is 16.8 Å². The van der Waals surface area contributed by atoms with Gasteiger partial charge < -0.3 is 40.1 Å². The summed E-state index contributed by atoms with van der Waals surface area (Å²) in [4.78, 5) is 0. The maximum absolute atomic E-state index is 8.52. The summed E-state index contributed by atoms with van der Waals surface area (Å²) in [5, 5.41) is 0. The minimum absolute atomic E-state index is 0. The van der Waals surface area contributed by atoms with Gasteiger partial charge in [-0.1, -0.05) is 0 Å². The van der Waals surface area contributed by atoms with E-state index in [2.05, 4.69) is 0 Å². The molecule has 0 rings (SSSR count). The molecular weight excluding hydrogens is 451 g/mol. The Hall–Kier alpha value is 0.268. The zero-order valence-corrected chi connectivity index (χ0v) is 10.3. The van der Waals surface area contributed by atoms with Gasteiger partial charge >= 0.3 is 21.1 Å². The molecule has 12 nitrogen and oxygen atoms in total. The summed E-state index contributed by atoms with van der Waals surface area (Å²) in [5.41, 5.74) is 0. The molecule has 15 heteroatoms. The molecule has 0 fully saturated rings. The third kappa shape index (κ3) is 29800. The standard InChI is InChI=1S/2H2O4S.4H2O.Pt/c2*1-5(2,3)4;;;;;/h2*(H2,1,2,3,4);4*1H2;/q;;;;;;+4/p-4. The van der Waals surface area contributed by atoms with Gasteiger partial charge in [0, 0.05) is 20.8 Å². The second-order valence-electron chi connectivity index (χ2n) is 0.816. The van der Waals surface area contributed by atoms with Crippen LogP contribution in [-0.2, 0) is 41.9 Å². The molecule has 0 saturated heterocycles. The van der Waals surface area contributed by atoms with Gasteiger partial charge in [0.1, 0.15) is 0 Å². The Morgan fingerprint density at radius 1 is 0.533 bits per heavy atom. The van der Waals surface area contributed by atoms with E-state index in [1.165, 1.54) is 0 Å². The Labute approximate surface area is 99.0 Å². The third-order valence-electron chi connectivity index (χ3n) is 0. The molecule has 0 aliphatic rings. The predicted octanol–water partition coefficient (Wildman–Crippen LogP) is -5.98. The zero-order chi connectivity index (χ0) is 9.00. The molecule has 0 unspecified atom stereocenters. The summed E-state index contributed by atoms with van der Waals surface area (Å²) < 4.78 is 68.2. The molecule has 0 amide bonds. The van der Waals surface area contributed by atoms with Crippen LogP contribution in [0.3, 0.4) is 0 Å². The van der Waals surface area contributed by atoms with E-state index in [9.17, 15) is 0 Å². The zero-order valence-electron chi connectivity index (χ0n) is 6.40. The summed E-state index contributed by atoms with van der Waals surface area (Å²) in [7, 11) is -10.3. The van der Waals surface area contributed by atoms with Gasteiger partial charge in [-0.25, -0.2) is 0 Å². The monoisotopic (exact) mass is 459 g/mol. The van der Waals surface area contributed by atoms with Crippen LogP contribution in [-0.4, -0.2) is 57.0 Å². The van der Waals surface area contributed by atoms with Crippen molar-refractivity contribution in [2.45, 2.75) is 0 Å². The quantitative estimate of drug-likeness (QED) is 0.247. The summed E-state index contributed by atoms with van der Waals surface area (Å²) in [6.07, 6.45) is 0. The molecular formula is H8O12PtS2. The van der Waals surface area contributed by atoms with Crippen LogP contribution in [0, 0.1) is 0 Å². The summed E-state index contributed by atoms with van der Waals surface area (Å²) in [6.45, 7) is 0. The van der Waals surface area contributed by atoms with Gasteiger partial charge in [0.15, 0.2) is 0 Å². The van der Waals surface area contributed by atoms with E-state index in [-0.39, 0.29) is 43.0 Å². The molecule has 0 aromatic rings. The Morgan fingerprint density at radius 2 is 0.533 bits per heavy atom. The van der Waals surface area contributed by atoms with E-state index in [0.29, 0.717) is 0 Å². The van der Waals surface area contributed by atoms with E-state index in [1.807, 2.05) is 0 Å². The van der Waals surface area contributed by atoms with E-state index in [4.69, 9.17) is 35.0 Å². The smallest absolute Gasteiger partial charge is 0.759 e. The first kappa shape index (κ1) is 45.5. The van der Waals surface area contributed by atoms with Gasteiger partial charge in [-0.05, 0) is 0 Å². The van der Waals surface area contributed by atoms with Crippen molar-refractivity contribution < 1.29 is 78.0 Å². The molecule has 102 valence electrons. The van der Waals surface area contributed by atoms with Crippen LogP contribution in [0.5, 0.6) is 0 Å². The molecule has 0 bridgehead atoms. The molecule has 15 heavy (non-hydrogen) atoms. The first-order chi connectivity index (χ1) is 4.00. The largest absolute Gasteiger partial charge is 4.00 e. The van der Waals surface area contributed by atoms with E-state index in [0.717, 1.165) is 0 Å². The van der Waals surface area contributed by atoms with Gasteiger partial charge in [-0.2, -0.15) is 0 Å². The SMILES string of the molecule is O.O.O.O.O=S(=O)([O-])[O-].O=S(=O)([O-])[O-].[Pt+4]. The molecule has 0 aromatic heterocycles. The predicted molar refractivity (Wildman–Crippen MR) is 35.4 cm³/mol. The van der Waals surface area contributed by atoms with Crippen molar-refractivity contribution in [1.82, 2.24) is 0 Å². The Kier molecular flexibility index (Phi) is 50.6. The molecule has 0 aliphatic heterocycles. The fourth-order valence-corrected chi connectivity index (χ4v) is 0. The van der Waals surface area contributed by atoms with Crippen molar-refractivity contribution in [2.24, 2.45) is 0 Å².